The van der Waals surface area contributed by atoms with Crippen LogP contribution in [-0.2, 0) is 0 Å². The van der Waals surface area contributed by atoms with Crippen molar-refractivity contribution in [2.24, 2.45) is 10.9 Å². The Balaban J connectivity index is 2.48. The molecular formula is C16H34N4. The largest absolute Gasteiger partial charge is 0.356 e. The summed E-state index contributed by atoms with van der Waals surface area (Å²) in [4.78, 5) is 9.45. The lowest BCUT2D eigenvalue weighted by atomic mass is 10.0. The second-order valence-electron chi connectivity index (χ2n) is 5.72. The standard InChI is InChI=1S/C16H34N4/c1-6-14(7-2)12-18-16(17-5)20-11-10-15(13-20)19(8-3)9-4/h14-15H,6-13H2,1-5H3,(H,17,18). The minimum Gasteiger partial charge on any atom is -0.356 e. The molecule has 1 N–H and O–H groups in total. The number of nitrogens with one attached hydrogen (secondary N) is 1. The maximum absolute atomic E-state index is 4.47. The van der Waals surface area contributed by atoms with Crippen LogP contribution in [0.4, 0.5) is 0 Å². The van der Waals surface area contributed by atoms with E-state index >= 15 is 0 Å². The molecule has 0 bridgehead atoms. The van der Waals surface area contributed by atoms with E-state index in [9.17, 15) is 0 Å². The summed E-state index contributed by atoms with van der Waals surface area (Å²) in [5.74, 6) is 1.85. The van der Waals surface area contributed by atoms with E-state index in [1.165, 1.54) is 19.3 Å². The molecule has 1 saturated heterocycles. The van der Waals surface area contributed by atoms with Crippen LogP contribution in [0.2, 0.25) is 0 Å². The Morgan fingerprint density at radius 3 is 2.40 bits per heavy atom. The second-order valence-corrected chi connectivity index (χ2v) is 5.72. The molecule has 1 atom stereocenters. The van der Waals surface area contributed by atoms with Gasteiger partial charge >= 0.3 is 0 Å². The predicted molar refractivity (Wildman–Crippen MR) is 88.3 cm³/mol. The van der Waals surface area contributed by atoms with Crippen molar-refractivity contribution >= 4 is 5.96 Å². The van der Waals surface area contributed by atoms with Crippen LogP contribution < -0.4 is 5.32 Å². The smallest absolute Gasteiger partial charge is 0.193 e. The predicted octanol–water partition coefficient (Wildman–Crippen LogP) is 2.41. The number of likely N-dealkylation sites (N-methyl/N-ethyl adjacent to an activating group) is 1. The van der Waals surface area contributed by atoms with Gasteiger partial charge in [0, 0.05) is 32.7 Å². The molecule has 0 aromatic heterocycles. The molecule has 0 spiro atoms. The quantitative estimate of drug-likeness (QED) is 0.575. The van der Waals surface area contributed by atoms with E-state index in [0.29, 0.717) is 6.04 Å². The van der Waals surface area contributed by atoms with Gasteiger partial charge in [-0.15, -0.1) is 0 Å². The lowest BCUT2D eigenvalue weighted by Crippen LogP contribution is -2.44. The third kappa shape index (κ3) is 4.65. The van der Waals surface area contributed by atoms with Crippen molar-refractivity contribution in [1.82, 2.24) is 15.1 Å². The summed E-state index contributed by atoms with van der Waals surface area (Å²) in [5, 5.41) is 3.57. The molecule has 1 aliphatic heterocycles. The van der Waals surface area contributed by atoms with Crippen LogP contribution in [0, 0.1) is 5.92 Å². The third-order valence-electron chi connectivity index (χ3n) is 4.71. The van der Waals surface area contributed by atoms with Crippen molar-refractivity contribution in [2.45, 2.75) is 53.0 Å². The highest BCUT2D eigenvalue weighted by Crippen LogP contribution is 2.15. The summed E-state index contributed by atoms with van der Waals surface area (Å²) in [6.45, 7) is 14.6. The molecule has 1 unspecified atom stereocenters. The molecule has 4 nitrogen and oxygen atoms in total. The Kier molecular flexibility index (Phi) is 7.97. The van der Waals surface area contributed by atoms with E-state index in [-0.39, 0.29) is 0 Å². The molecule has 0 aromatic rings. The van der Waals surface area contributed by atoms with E-state index in [0.717, 1.165) is 44.6 Å². The van der Waals surface area contributed by atoms with Gasteiger partial charge in [-0.3, -0.25) is 9.89 Å². The number of hydrogen-bond acceptors (Lipinski definition) is 2. The first-order chi connectivity index (χ1) is 9.69. The van der Waals surface area contributed by atoms with Crippen molar-refractivity contribution in [1.29, 1.82) is 0 Å². The minimum atomic E-state index is 0.691. The van der Waals surface area contributed by atoms with Gasteiger partial charge in [-0.2, -0.15) is 0 Å². The van der Waals surface area contributed by atoms with Crippen LogP contribution in [-0.4, -0.2) is 61.6 Å². The summed E-state index contributed by atoms with van der Waals surface area (Å²) in [5.41, 5.74) is 0. The van der Waals surface area contributed by atoms with E-state index in [1.54, 1.807) is 0 Å². The molecule has 4 heteroatoms. The number of hydrogen-bond donors (Lipinski definition) is 1. The fourth-order valence-electron chi connectivity index (χ4n) is 3.12. The topological polar surface area (TPSA) is 30.9 Å². The zero-order valence-corrected chi connectivity index (χ0v) is 14.2. The highest BCUT2D eigenvalue weighted by atomic mass is 15.3. The fourth-order valence-corrected chi connectivity index (χ4v) is 3.12. The second kappa shape index (κ2) is 9.22. The molecule has 118 valence electrons. The molecule has 0 aliphatic carbocycles. The highest BCUT2D eigenvalue weighted by Gasteiger charge is 2.27. The summed E-state index contributed by atoms with van der Waals surface area (Å²) >= 11 is 0. The lowest BCUT2D eigenvalue weighted by molar-refractivity contribution is 0.223. The normalized spacial score (nSPS) is 20.2. The Morgan fingerprint density at radius 2 is 1.90 bits per heavy atom. The zero-order valence-electron chi connectivity index (χ0n) is 14.2. The average Bonchev–Trinajstić information content (AvgIpc) is 2.95. The van der Waals surface area contributed by atoms with Crippen LogP contribution in [0.3, 0.4) is 0 Å². The van der Waals surface area contributed by atoms with E-state index in [1.807, 2.05) is 7.05 Å². The van der Waals surface area contributed by atoms with Crippen molar-refractivity contribution in [3.05, 3.63) is 0 Å². The highest BCUT2D eigenvalue weighted by molar-refractivity contribution is 5.80. The maximum Gasteiger partial charge on any atom is 0.193 e. The number of guanidine groups is 1. The van der Waals surface area contributed by atoms with E-state index < -0.39 is 0 Å². The van der Waals surface area contributed by atoms with Gasteiger partial charge in [-0.05, 0) is 25.4 Å². The molecule has 1 aliphatic rings. The molecule has 1 fully saturated rings. The van der Waals surface area contributed by atoms with Gasteiger partial charge in [0.25, 0.3) is 0 Å². The first kappa shape index (κ1) is 17.3. The Hall–Kier alpha value is -0.770. The zero-order chi connectivity index (χ0) is 15.0. The van der Waals surface area contributed by atoms with E-state index in [4.69, 9.17) is 0 Å². The number of likely N-dealkylation sites (tertiary alicyclic amines) is 1. The first-order valence-corrected chi connectivity index (χ1v) is 8.39. The Bertz CT molecular complexity index is 282. The van der Waals surface area contributed by atoms with Gasteiger partial charge in [0.05, 0.1) is 0 Å². The molecule has 0 aromatic carbocycles. The summed E-state index contributed by atoms with van der Waals surface area (Å²) < 4.78 is 0. The fraction of sp³-hybridized carbons (Fsp3) is 0.938. The first-order valence-electron chi connectivity index (χ1n) is 8.39. The van der Waals surface area contributed by atoms with Crippen molar-refractivity contribution in [3.8, 4) is 0 Å². The van der Waals surface area contributed by atoms with Crippen LogP contribution in [0.15, 0.2) is 4.99 Å². The molecule has 0 saturated carbocycles. The molecule has 0 amide bonds. The molecular weight excluding hydrogens is 248 g/mol. The monoisotopic (exact) mass is 282 g/mol. The van der Waals surface area contributed by atoms with Gasteiger partial charge in [0.2, 0.25) is 0 Å². The SMILES string of the molecule is CCC(CC)CNC(=NC)N1CCC(N(CC)CC)C1. The Labute approximate surface area is 125 Å². The third-order valence-corrected chi connectivity index (χ3v) is 4.71. The summed E-state index contributed by atoms with van der Waals surface area (Å²) in [6, 6.07) is 0.691. The molecule has 20 heavy (non-hydrogen) atoms. The molecule has 0 radical (unpaired) electrons. The number of aliphatic imine (C=N–C) groups is 1. The van der Waals surface area contributed by atoms with Gasteiger partial charge < -0.3 is 10.2 Å². The maximum atomic E-state index is 4.47. The average molecular weight is 282 g/mol. The van der Waals surface area contributed by atoms with Crippen molar-refractivity contribution in [2.75, 3.05) is 39.8 Å². The Morgan fingerprint density at radius 1 is 1.25 bits per heavy atom. The van der Waals surface area contributed by atoms with Crippen molar-refractivity contribution in [3.63, 3.8) is 0 Å². The van der Waals surface area contributed by atoms with Gasteiger partial charge in [-0.25, -0.2) is 0 Å². The van der Waals surface area contributed by atoms with Crippen LogP contribution in [0.5, 0.6) is 0 Å². The van der Waals surface area contributed by atoms with Gasteiger partial charge in [0.15, 0.2) is 5.96 Å². The molecule has 1 rings (SSSR count). The van der Waals surface area contributed by atoms with Crippen LogP contribution in [0.1, 0.15) is 47.0 Å². The summed E-state index contributed by atoms with van der Waals surface area (Å²) in [7, 11) is 1.90. The van der Waals surface area contributed by atoms with Crippen LogP contribution in [0.25, 0.3) is 0 Å². The van der Waals surface area contributed by atoms with Crippen molar-refractivity contribution < 1.29 is 0 Å². The van der Waals surface area contributed by atoms with E-state index in [2.05, 4.69) is 47.8 Å². The molecule has 1 heterocycles. The number of rotatable bonds is 7. The van der Waals surface area contributed by atoms with Crippen LogP contribution >= 0.6 is 0 Å². The lowest BCUT2D eigenvalue weighted by Gasteiger charge is -2.27. The summed E-state index contributed by atoms with van der Waals surface area (Å²) in [6.07, 6.45) is 3.73. The van der Waals surface area contributed by atoms with Gasteiger partial charge in [-0.1, -0.05) is 40.5 Å². The number of nitrogens with zero attached hydrogens (tertiary/aromatic N) is 3. The van der Waals surface area contributed by atoms with Gasteiger partial charge in [0.1, 0.15) is 0 Å². The minimum absolute atomic E-state index is 0.691.